The number of likely N-dealkylation sites (tertiary alicyclic amines) is 1. The van der Waals surface area contributed by atoms with Crippen LogP contribution in [0.4, 0.5) is 8.78 Å². The number of aromatic nitrogens is 3. The van der Waals surface area contributed by atoms with E-state index in [1.165, 1.54) is 6.33 Å². The van der Waals surface area contributed by atoms with Gasteiger partial charge in [0.1, 0.15) is 12.2 Å². The van der Waals surface area contributed by atoms with Gasteiger partial charge in [0.25, 0.3) is 5.92 Å². The third-order valence-electron chi connectivity index (χ3n) is 5.24. The van der Waals surface area contributed by atoms with Gasteiger partial charge in [-0.2, -0.15) is 5.10 Å². The van der Waals surface area contributed by atoms with Crippen LogP contribution in [0, 0.1) is 5.92 Å². The highest BCUT2D eigenvalue weighted by molar-refractivity contribution is 5.32. The molecule has 0 spiro atoms. The highest BCUT2D eigenvalue weighted by atomic mass is 19.3. The fraction of sp³-hybridized carbons (Fsp3) is 0.529. The number of hydrogen-bond donors (Lipinski definition) is 1. The first kappa shape index (κ1) is 15.7. The summed E-state index contributed by atoms with van der Waals surface area (Å²) in [6, 6.07) is 9.00. The Morgan fingerprint density at radius 1 is 1.33 bits per heavy atom. The molecule has 2 aromatic rings. The third kappa shape index (κ3) is 2.61. The summed E-state index contributed by atoms with van der Waals surface area (Å²) in [4.78, 5) is 6.26. The summed E-state index contributed by atoms with van der Waals surface area (Å²) in [6.45, 7) is 0.966. The molecule has 1 saturated heterocycles. The van der Waals surface area contributed by atoms with E-state index in [4.69, 9.17) is 4.74 Å². The number of rotatable bonds is 5. The lowest BCUT2D eigenvalue weighted by Crippen LogP contribution is -2.29. The normalized spacial score (nSPS) is 32.1. The molecule has 1 N–H and O–H groups in total. The molecule has 2 heterocycles. The lowest BCUT2D eigenvalue weighted by Gasteiger charge is -2.22. The Morgan fingerprint density at radius 3 is 2.79 bits per heavy atom. The molecule has 0 bridgehead atoms. The van der Waals surface area contributed by atoms with Crippen LogP contribution in [0.1, 0.15) is 29.8 Å². The van der Waals surface area contributed by atoms with Crippen molar-refractivity contribution in [1.29, 1.82) is 0 Å². The smallest absolute Gasteiger partial charge is 0.260 e. The van der Waals surface area contributed by atoms with Crippen molar-refractivity contribution in [2.24, 2.45) is 5.92 Å². The Balaban J connectivity index is 1.51. The lowest BCUT2D eigenvalue weighted by molar-refractivity contribution is 0.0762. The maximum atomic E-state index is 14.4. The molecule has 1 aliphatic carbocycles. The highest BCUT2D eigenvalue weighted by Crippen LogP contribution is 2.62. The first-order valence-electron chi connectivity index (χ1n) is 8.16. The monoisotopic (exact) mass is 334 g/mol. The number of ether oxygens (including phenoxy) is 1. The van der Waals surface area contributed by atoms with Gasteiger partial charge in [-0.25, -0.2) is 13.8 Å². The number of benzene rings is 1. The van der Waals surface area contributed by atoms with Crippen LogP contribution in [0.3, 0.4) is 0 Å². The van der Waals surface area contributed by atoms with Crippen LogP contribution < -0.4 is 0 Å². The first-order valence-corrected chi connectivity index (χ1v) is 8.16. The summed E-state index contributed by atoms with van der Waals surface area (Å²) in [7, 11) is 1.66. The van der Waals surface area contributed by atoms with E-state index < -0.39 is 17.8 Å². The van der Waals surface area contributed by atoms with Crippen LogP contribution in [-0.4, -0.2) is 52.3 Å². The topological polar surface area (TPSA) is 54.0 Å². The molecule has 0 radical (unpaired) electrons. The molecule has 1 aromatic carbocycles. The molecule has 0 unspecified atom stereocenters. The molecule has 0 amide bonds. The van der Waals surface area contributed by atoms with Crippen molar-refractivity contribution in [3.63, 3.8) is 0 Å². The lowest BCUT2D eigenvalue weighted by atomic mass is 10.1. The quantitative estimate of drug-likeness (QED) is 0.913. The van der Waals surface area contributed by atoms with Crippen LogP contribution >= 0.6 is 0 Å². The van der Waals surface area contributed by atoms with Gasteiger partial charge in [-0.15, -0.1) is 0 Å². The number of methoxy groups -OCH3 is 1. The van der Waals surface area contributed by atoms with Crippen molar-refractivity contribution in [3.8, 4) is 0 Å². The van der Waals surface area contributed by atoms with E-state index in [0.717, 1.165) is 12.2 Å². The minimum absolute atomic E-state index is 0.0302. The maximum absolute atomic E-state index is 14.4. The summed E-state index contributed by atoms with van der Waals surface area (Å²) in [6.07, 6.45) is 2.22. The zero-order chi connectivity index (χ0) is 16.7. The van der Waals surface area contributed by atoms with Gasteiger partial charge in [-0.05, 0) is 12.0 Å². The molecule has 1 aromatic heterocycles. The fourth-order valence-corrected chi connectivity index (χ4v) is 3.88. The predicted octanol–water partition coefficient (Wildman–Crippen LogP) is 2.62. The minimum atomic E-state index is -2.65. The largest absolute Gasteiger partial charge is 0.380 e. The number of nitrogens with zero attached hydrogens (tertiary/aromatic N) is 3. The van der Waals surface area contributed by atoms with Gasteiger partial charge in [-0.1, -0.05) is 30.3 Å². The van der Waals surface area contributed by atoms with Gasteiger partial charge >= 0.3 is 0 Å². The van der Waals surface area contributed by atoms with Crippen LogP contribution in [0.25, 0.3) is 0 Å². The molecule has 24 heavy (non-hydrogen) atoms. The second kappa shape index (κ2) is 5.89. The second-order valence-corrected chi connectivity index (χ2v) is 6.60. The Bertz CT molecular complexity index is 679. The van der Waals surface area contributed by atoms with Crippen molar-refractivity contribution in [3.05, 3.63) is 48.0 Å². The van der Waals surface area contributed by atoms with Crippen molar-refractivity contribution in [1.82, 2.24) is 20.1 Å². The van der Waals surface area contributed by atoms with Crippen LogP contribution in [0.15, 0.2) is 36.7 Å². The van der Waals surface area contributed by atoms with Gasteiger partial charge in [0.05, 0.1) is 18.1 Å². The Morgan fingerprint density at radius 2 is 2.12 bits per heavy atom. The molecule has 5 nitrogen and oxygen atoms in total. The first-order chi connectivity index (χ1) is 11.6. The molecule has 1 saturated carbocycles. The number of H-pyrrole nitrogens is 1. The predicted molar refractivity (Wildman–Crippen MR) is 83.7 cm³/mol. The van der Waals surface area contributed by atoms with E-state index in [9.17, 15) is 8.78 Å². The van der Waals surface area contributed by atoms with Crippen molar-refractivity contribution >= 4 is 0 Å². The summed E-state index contributed by atoms with van der Waals surface area (Å²) >= 11 is 0. The molecule has 7 heteroatoms. The van der Waals surface area contributed by atoms with E-state index in [0.29, 0.717) is 18.7 Å². The molecule has 4 rings (SSSR count). The van der Waals surface area contributed by atoms with Gasteiger partial charge < -0.3 is 4.74 Å². The van der Waals surface area contributed by atoms with Crippen molar-refractivity contribution in [2.75, 3.05) is 20.2 Å². The number of halogens is 2. The Labute approximate surface area is 139 Å². The second-order valence-electron chi connectivity index (χ2n) is 6.60. The van der Waals surface area contributed by atoms with Gasteiger partial charge in [0, 0.05) is 26.1 Å². The number of nitrogens with one attached hydrogen (secondary N) is 1. The van der Waals surface area contributed by atoms with Gasteiger partial charge in [-0.3, -0.25) is 10.00 Å². The van der Waals surface area contributed by atoms with E-state index in [1.807, 2.05) is 18.2 Å². The number of hydrogen-bond acceptors (Lipinski definition) is 4. The van der Waals surface area contributed by atoms with Gasteiger partial charge in [0.2, 0.25) is 0 Å². The van der Waals surface area contributed by atoms with E-state index in [2.05, 4.69) is 20.1 Å². The van der Waals surface area contributed by atoms with Gasteiger partial charge in [0.15, 0.2) is 0 Å². The SMILES string of the molecule is CO[C@@H]1C[C@@H](c2ncn[nH]2)N(C[C@@H]2[C@@H](c3ccccc3)C2(F)F)C1. The summed E-state index contributed by atoms with van der Waals surface area (Å²) < 4.78 is 34.2. The van der Waals surface area contributed by atoms with Crippen LogP contribution in [0.2, 0.25) is 0 Å². The number of alkyl halides is 2. The van der Waals surface area contributed by atoms with Crippen molar-refractivity contribution in [2.45, 2.75) is 30.4 Å². The molecular weight excluding hydrogens is 314 g/mol. The zero-order valence-corrected chi connectivity index (χ0v) is 13.4. The van der Waals surface area contributed by atoms with Crippen LogP contribution in [-0.2, 0) is 4.74 Å². The Kier molecular flexibility index (Phi) is 3.85. The molecule has 2 aliphatic rings. The summed E-state index contributed by atoms with van der Waals surface area (Å²) in [5.74, 6) is -3.30. The standard InChI is InChI=1S/C17H20F2N4O/c1-24-12-7-14(16-20-10-21-22-16)23(8-12)9-13-15(17(13,18)19)11-5-3-2-4-6-11/h2-6,10,12-15H,7-9H2,1H3,(H,20,21,22)/t12-,13-,14+,15-/m1/s1. The van der Waals surface area contributed by atoms with E-state index in [1.54, 1.807) is 19.2 Å². The average Bonchev–Trinajstić information content (AvgIpc) is 3.04. The number of aromatic amines is 1. The molecular formula is C17H20F2N4O. The average molecular weight is 334 g/mol. The molecule has 1 aliphatic heterocycles. The molecule has 128 valence electrons. The summed E-state index contributed by atoms with van der Waals surface area (Å²) in [5, 5.41) is 6.75. The third-order valence-corrected chi connectivity index (χ3v) is 5.24. The molecule has 4 atom stereocenters. The fourth-order valence-electron chi connectivity index (χ4n) is 3.88. The van der Waals surface area contributed by atoms with E-state index >= 15 is 0 Å². The summed E-state index contributed by atoms with van der Waals surface area (Å²) in [5.41, 5.74) is 0.714. The van der Waals surface area contributed by atoms with Crippen LogP contribution in [0.5, 0.6) is 0 Å². The highest BCUT2D eigenvalue weighted by Gasteiger charge is 2.69. The zero-order valence-electron chi connectivity index (χ0n) is 13.4. The van der Waals surface area contributed by atoms with Crippen molar-refractivity contribution < 1.29 is 13.5 Å². The Hall–Kier alpha value is -1.86. The minimum Gasteiger partial charge on any atom is -0.380 e. The maximum Gasteiger partial charge on any atom is 0.260 e. The molecule has 2 fully saturated rings. The van der Waals surface area contributed by atoms with E-state index in [-0.39, 0.29) is 12.1 Å².